The summed E-state index contributed by atoms with van der Waals surface area (Å²) in [6.07, 6.45) is 17.2. The van der Waals surface area contributed by atoms with Crippen molar-refractivity contribution in [1.29, 1.82) is 0 Å². The number of unbranched alkanes of at least 4 members (excludes halogenated alkanes) is 6. The van der Waals surface area contributed by atoms with Crippen LogP contribution in [0.15, 0.2) is 165 Å². The van der Waals surface area contributed by atoms with Crippen molar-refractivity contribution in [1.82, 2.24) is 29.3 Å². The Kier molecular flexibility index (Phi) is 13.0. The molecule has 6 unspecified atom stereocenters. The van der Waals surface area contributed by atoms with Crippen LogP contribution in [-0.4, -0.2) is 67.3 Å². The van der Waals surface area contributed by atoms with Gasteiger partial charge in [0.05, 0.1) is 48.3 Å². The predicted molar refractivity (Wildman–Crippen MR) is 276 cm³/mol. The minimum Gasteiger partial charge on any atom is -0.345 e. The van der Waals surface area contributed by atoms with E-state index in [1.165, 1.54) is 66.3 Å². The first-order valence-electron chi connectivity index (χ1n) is 25.7. The van der Waals surface area contributed by atoms with Crippen molar-refractivity contribution in [2.45, 2.75) is 95.4 Å². The summed E-state index contributed by atoms with van der Waals surface area (Å²) in [6.45, 7) is 12.7. The highest BCUT2D eigenvalue weighted by Crippen LogP contribution is 2.65. The van der Waals surface area contributed by atoms with Crippen molar-refractivity contribution < 1.29 is 9.59 Å². The van der Waals surface area contributed by atoms with E-state index in [2.05, 4.69) is 192 Å². The molecule has 0 spiro atoms. The molecule has 8 nitrogen and oxygen atoms in total. The SMILES string of the molecule is CCCCCCN1CC2C(C1=O)C2(C)c1cccc(-c2cnc[nH]2)c1.CCCCCCN1CC2C(C1=O)C2(C)c1cccc(-c2cncn2C(c2ccccc2)(c2ccccc2)c2ccccc2)c1. The summed E-state index contributed by atoms with van der Waals surface area (Å²) in [6, 6.07) is 49.7. The van der Waals surface area contributed by atoms with E-state index in [0.29, 0.717) is 23.7 Å². The minimum absolute atomic E-state index is 0.00698. The highest BCUT2D eigenvalue weighted by Gasteiger charge is 2.71. The van der Waals surface area contributed by atoms with Gasteiger partial charge in [0.15, 0.2) is 0 Å². The molecule has 4 fully saturated rings. The molecular weight excluding hydrogens is 849 g/mol. The Bertz CT molecular complexity index is 2740. The van der Waals surface area contributed by atoms with Crippen molar-refractivity contribution in [2.24, 2.45) is 23.7 Å². The average Bonchev–Trinajstić information content (AvgIpc) is 3.81. The van der Waals surface area contributed by atoms with Crippen LogP contribution < -0.4 is 0 Å². The number of amides is 2. The quantitative estimate of drug-likeness (QED) is 0.0686. The Labute approximate surface area is 409 Å². The second-order valence-corrected chi connectivity index (χ2v) is 20.5. The van der Waals surface area contributed by atoms with Crippen LogP contribution in [0.1, 0.15) is 107 Å². The fourth-order valence-electron chi connectivity index (χ4n) is 12.5. The maximum atomic E-state index is 13.5. The van der Waals surface area contributed by atoms with Gasteiger partial charge in [0.25, 0.3) is 0 Å². The molecule has 1 N–H and O–H groups in total. The van der Waals surface area contributed by atoms with E-state index < -0.39 is 5.54 Å². The third kappa shape index (κ3) is 8.23. The highest BCUT2D eigenvalue weighted by molar-refractivity contribution is 5.89. The lowest BCUT2D eigenvalue weighted by atomic mass is 9.76. The first-order chi connectivity index (χ1) is 33.8. The van der Waals surface area contributed by atoms with Crippen LogP contribution in [0.25, 0.3) is 22.5 Å². The molecule has 6 atom stereocenters. The average molecular weight is 917 g/mol. The summed E-state index contributed by atoms with van der Waals surface area (Å²) in [5, 5.41) is 0. The van der Waals surface area contributed by atoms with E-state index >= 15 is 0 Å². The number of hydrogen-bond donors (Lipinski definition) is 1. The molecule has 69 heavy (non-hydrogen) atoms. The second-order valence-electron chi connectivity index (χ2n) is 20.5. The first kappa shape index (κ1) is 46.2. The third-order valence-corrected chi connectivity index (χ3v) is 16.6. The van der Waals surface area contributed by atoms with Crippen molar-refractivity contribution >= 4 is 11.8 Å². The van der Waals surface area contributed by atoms with Gasteiger partial charge in [0.1, 0.15) is 5.54 Å². The molecule has 4 heterocycles. The number of aromatic nitrogens is 4. The first-order valence-corrected chi connectivity index (χ1v) is 25.7. The van der Waals surface area contributed by atoms with Crippen LogP contribution in [0.2, 0.25) is 0 Å². The maximum absolute atomic E-state index is 13.5. The van der Waals surface area contributed by atoms with Gasteiger partial charge in [-0.3, -0.25) is 9.59 Å². The molecule has 2 amide bonds. The Morgan fingerprint density at radius 3 is 1.48 bits per heavy atom. The molecule has 354 valence electrons. The number of carbonyl (C=O) groups is 2. The molecule has 2 saturated heterocycles. The largest absolute Gasteiger partial charge is 0.345 e. The van der Waals surface area contributed by atoms with Gasteiger partial charge in [-0.25, -0.2) is 9.97 Å². The summed E-state index contributed by atoms with van der Waals surface area (Å²) in [5.74, 6) is 1.85. The number of aromatic amines is 1. The fraction of sp³-hybridized carbons (Fsp3) is 0.377. The summed E-state index contributed by atoms with van der Waals surface area (Å²) < 4.78 is 2.34. The van der Waals surface area contributed by atoms with Crippen molar-refractivity contribution in [3.05, 3.63) is 192 Å². The lowest BCUT2D eigenvalue weighted by Crippen LogP contribution is -2.37. The van der Waals surface area contributed by atoms with E-state index in [0.717, 1.165) is 61.5 Å². The van der Waals surface area contributed by atoms with Crippen LogP contribution in [0.4, 0.5) is 0 Å². The Hall–Kier alpha value is -6.54. The Morgan fingerprint density at radius 2 is 1.04 bits per heavy atom. The minimum atomic E-state index is -0.639. The highest BCUT2D eigenvalue weighted by atomic mass is 16.2. The number of nitrogens with zero attached hydrogens (tertiary/aromatic N) is 5. The van der Waals surface area contributed by atoms with Crippen molar-refractivity contribution in [2.75, 3.05) is 26.2 Å². The smallest absolute Gasteiger partial charge is 0.226 e. The van der Waals surface area contributed by atoms with E-state index in [4.69, 9.17) is 4.98 Å². The van der Waals surface area contributed by atoms with Gasteiger partial charge in [-0.05, 0) is 70.2 Å². The molecule has 5 aromatic carbocycles. The van der Waals surface area contributed by atoms with Crippen LogP contribution in [0.5, 0.6) is 0 Å². The molecule has 7 aromatic rings. The fourth-order valence-corrected chi connectivity index (χ4v) is 12.5. The number of H-pyrrole nitrogens is 1. The molecular formula is C61H68N6O2. The second kappa shape index (κ2) is 19.5. The van der Waals surface area contributed by atoms with Gasteiger partial charge in [0, 0.05) is 42.6 Å². The number of carbonyl (C=O) groups excluding carboxylic acids is 2. The molecule has 4 aliphatic rings. The maximum Gasteiger partial charge on any atom is 0.226 e. The standard InChI is InChI=1S/C40H41N3O.C21H27N3O/c1-3-4-5-15-25-42-28-35-37(38(42)44)39(35,2)34-24-16-17-30(26-34)36-27-41-29-43(36)40(31-18-9-6-10-19-31,32-20-11-7-12-21-32)33-22-13-8-14-23-33;1-3-4-5-6-10-24-13-17-19(20(24)25)21(17,2)16-9-7-8-15(11-16)18-12-22-14-23-18/h6-14,16-24,26-27,29,35,37H,3-5,15,25,28H2,1-2H3;7-9,11-12,14,17,19H,3-6,10,13H2,1-2H3,(H,22,23). The van der Waals surface area contributed by atoms with Gasteiger partial charge in [0.2, 0.25) is 11.8 Å². The number of likely N-dealkylation sites (tertiary alicyclic amines) is 2. The predicted octanol–water partition coefficient (Wildman–Crippen LogP) is 12.3. The van der Waals surface area contributed by atoms with E-state index in [1.807, 2.05) is 18.7 Å². The number of fused-ring (bicyclic) bond motifs is 2. The number of piperidine rings is 2. The number of hydrogen-bond acceptors (Lipinski definition) is 4. The number of imidazole rings is 2. The zero-order valence-electron chi connectivity index (χ0n) is 40.9. The lowest BCUT2D eigenvalue weighted by molar-refractivity contribution is -0.131. The molecule has 2 saturated carbocycles. The lowest BCUT2D eigenvalue weighted by Gasteiger charge is -2.38. The number of nitrogens with one attached hydrogen (secondary N) is 1. The summed E-state index contributed by atoms with van der Waals surface area (Å²) in [7, 11) is 0. The van der Waals surface area contributed by atoms with Crippen molar-refractivity contribution in [3.8, 4) is 22.5 Å². The van der Waals surface area contributed by atoms with Gasteiger partial charge in [-0.1, -0.05) is 194 Å². The molecule has 0 bridgehead atoms. The van der Waals surface area contributed by atoms with Gasteiger partial charge >= 0.3 is 0 Å². The molecule has 2 aliphatic carbocycles. The Balaban J connectivity index is 0.000000187. The zero-order valence-corrected chi connectivity index (χ0v) is 40.9. The third-order valence-electron chi connectivity index (χ3n) is 16.6. The van der Waals surface area contributed by atoms with Crippen LogP contribution in [0.3, 0.4) is 0 Å². The normalized spacial score (nSPS) is 23.4. The molecule has 11 rings (SSSR count). The van der Waals surface area contributed by atoms with Crippen molar-refractivity contribution in [3.63, 3.8) is 0 Å². The van der Waals surface area contributed by atoms with E-state index in [-0.39, 0.29) is 22.7 Å². The van der Waals surface area contributed by atoms with Gasteiger partial charge in [-0.2, -0.15) is 0 Å². The summed E-state index contributed by atoms with van der Waals surface area (Å²) >= 11 is 0. The molecule has 2 aliphatic heterocycles. The monoisotopic (exact) mass is 917 g/mol. The number of rotatable bonds is 18. The van der Waals surface area contributed by atoms with Crippen LogP contribution in [0, 0.1) is 23.7 Å². The topological polar surface area (TPSA) is 87.1 Å². The molecule has 2 aromatic heterocycles. The molecule has 8 heteroatoms. The van der Waals surface area contributed by atoms with Crippen LogP contribution >= 0.6 is 0 Å². The summed E-state index contributed by atoms with van der Waals surface area (Å²) in [4.78, 5) is 42.6. The number of benzene rings is 5. The van der Waals surface area contributed by atoms with Crippen LogP contribution in [-0.2, 0) is 26.0 Å². The van der Waals surface area contributed by atoms with Gasteiger partial charge in [-0.15, -0.1) is 0 Å². The summed E-state index contributed by atoms with van der Waals surface area (Å²) in [5.41, 5.74) is 9.62. The van der Waals surface area contributed by atoms with Gasteiger partial charge < -0.3 is 19.4 Å². The Morgan fingerprint density at radius 1 is 0.565 bits per heavy atom. The van der Waals surface area contributed by atoms with E-state index in [1.54, 1.807) is 6.33 Å². The zero-order chi connectivity index (χ0) is 47.6. The van der Waals surface area contributed by atoms with E-state index in [9.17, 15) is 9.59 Å². The molecule has 0 radical (unpaired) electrons.